The number of carbonyl (C=O) groups excluding carboxylic acids is 2. The zero-order valence-corrected chi connectivity index (χ0v) is 12.7. The molecule has 0 aromatic heterocycles. The fourth-order valence-corrected chi connectivity index (χ4v) is 2.19. The molecule has 116 valence electrons. The van der Waals surface area contributed by atoms with Crippen LogP contribution in [-0.2, 0) is 20.7 Å². The van der Waals surface area contributed by atoms with Gasteiger partial charge in [0.15, 0.2) is 0 Å². The van der Waals surface area contributed by atoms with Crippen LogP contribution in [0.2, 0.25) is 0 Å². The van der Waals surface area contributed by atoms with E-state index in [4.69, 9.17) is 4.74 Å². The first-order valence-electron chi connectivity index (χ1n) is 7.44. The maximum absolute atomic E-state index is 11.8. The van der Waals surface area contributed by atoms with E-state index in [-0.39, 0.29) is 17.6 Å². The molecule has 0 aliphatic carbocycles. The van der Waals surface area contributed by atoms with Gasteiger partial charge in [-0.15, -0.1) is 0 Å². The van der Waals surface area contributed by atoms with Crippen molar-refractivity contribution in [1.82, 2.24) is 0 Å². The largest absolute Gasteiger partial charge is 0.508 e. The Kier molecular flexibility index (Phi) is 7.51. The maximum atomic E-state index is 11.8. The standard InChI is InChI=1S/C17H24O4/c1-3-13(2)15(8-10-18)12-17(20)21-11-9-14-4-6-16(19)7-5-14/h4-7,10,13,15,19H,3,8-9,11-12H2,1-2H3/t13-,15+/m1/s1. The topological polar surface area (TPSA) is 63.6 Å². The van der Waals surface area contributed by atoms with Crippen LogP contribution in [0.1, 0.15) is 38.7 Å². The van der Waals surface area contributed by atoms with Crippen LogP contribution in [0.4, 0.5) is 0 Å². The van der Waals surface area contributed by atoms with Crippen molar-refractivity contribution in [2.24, 2.45) is 11.8 Å². The number of rotatable bonds is 9. The lowest BCUT2D eigenvalue weighted by Crippen LogP contribution is -2.19. The summed E-state index contributed by atoms with van der Waals surface area (Å²) in [5.41, 5.74) is 1.01. The number of aromatic hydroxyl groups is 1. The van der Waals surface area contributed by atoms with Crippen LogP contribution in [0.25, 0.3) is 0 Å². The molecule has 0 heterocycles. The first-order valence-corrected chi connectivity index (χ1v) is 7.44. The molecule has 0 fully saturated rings. The zero-order valence-electron chi connectivity index (χ0n) is 12.7. The minimum absolute atomic E-state index is 0.0636. The first kappa shape index (κ1) is 17.2. The Labute approximate surface area is 126 Å². The number of hydrogen-bond acceptors (Lipinski definition) is 4. The summed E-state index contributed by atoms with van der Waals surface area (Å²) in [6.45, 7) is 4.43. The van der Waals surface area contributed by atoms with Crippen LogP contribution in [0, 0.1) is 11.8 Å². The minimum Gasteiger partial charge on any atom is -0.508 e. The summed E-state index contributed by atoms with van der Waals surface area (Å²) >= 11 is 0. The zero-order chi connectivity index (χ0) is 15.7. The Bertz CT molecular complexity index is 439. The van der Waals surface area contributed by atoms with Crippen LogP contribution < -0.4 is 0 Å². The lowest BCUT2D eigenvalue weighted by molar-refractivity contribution is -0.145. The van der Waals surface area contributed by atoms with Crippen molar-refractivity contribution in [2.75, 3.05) is 6.61 Å². The highest BCUT2D eigenvalue weighted by molar-refractivity contribution is 5.70. The predicted octanol–water partition coefficient (Wildman–Crippen LogP) is 3.12. The van der Waals surface area contributed by atoms with E-state index >= 15 is 0 Å². The minimum atomic E-state index is -0.249. The summed E-state index contributed by atoms with van der Waals surface area (Å²) < 4.78 is 5.23. The van der Waals surface area contributed by atoms with Crippen LogP contribution in [-0.4, -0.2) is 24.0 Å². The van der Waals surface area contributed by atoms with Gasteiger partial charge in [-0.05, 0) is 29.5 Å². The second kappa shape index (κ2) is 9.16. The van der Waals surface area contributed by atoms with Crippen molar-refractivity contribution in [3.8, 4) is 5.75 Å². The van der Waals surface area contributed by atoms with Crippen LogP contribution in [0.15, 0.2) is 24.3 Å². The average molecular weight is 292 g/mol. The molecule has 0 bridgehead atoms. The highest BCUT2D eigenvalue weighted by atomic mass is 16.5. The van der Waals surface area contributed by atoms with Gasteiger partial charge in [-0.3, -0.25) is 4.79 Å². The lowest BCUT2D eigenvalue weighted by atomic mass is 9.87. The van der Waals surface area contributed by atoms with E-state index in [1.807, 2.05) is 0 Å². The Morgan fingerprint density at radius 2 is 2.00 bits per heavy atom. The number of benzene rings is 1. The predicted molar refractivity (Wildman–Crippen MR) is 81.0 cm³/mol. The lowest BCUT2D eigenvalue weighted by Gasteiger charge is -2.19. The second-order valence-corrected chi connectivity index (χ2v) is 5.39. The Morgan fingerprint density at radius 1 is 1.33 bits per heavy atom. The number of hydrogen-bond donors (Lipinski definition) is 1. The monoisotopic (exact) mass is 292 g/mol. The van der Waals surface area contributed by atoms with Gasteiger partial charge in [0.2, 0.25) is 0 Å². The molecule has 4 heteroatoms. The summed E-state index contributed by atoms with van der Waals surface area (Å²) in [6.07, 6.45) is 3.14. The highest BCUT2D eigenvalue weighted by Gasteiger charge is 2.19. The Hall–Kier alpha value is -1.84. The number of aldehydes is 1. The molecule has 0 saturated heterocycles. The van der Waals surface area contributed by atoms with Gasteiger partial charge in [-0.1, -0.05) is 32.4 Å². The first-order chi connectivity index (χ1) is 10.1. The molecule has 0 amide bonds. The van der Waals surface area contributed by atoms with E-state index in [1.54, 1.807) is 24.3 Å². The van der Waals surface area contributed by atoms with E-state index < -0.39 is 0 Å². The van der Waals surface area contributed by atoms with Crippen molar-refractivity contribution in [3.63, 3.8) is 0 Å². The van der Waals surface area contributed by atoms with Gasteiger partial charge >= 0.3 is 5.97 Å². The van der Waals surface area contributed by atoms with Crippen LogP contribution in [0.3, 0.4) is 0 Å². The van der Waals surface area contributed by atoms with Crippen molar-refractivity contribution in [3.05, 3.63) is 29.8 Å². The van der Waals surface area contributed by atoms with Gasteiger partial charge in [-0.2, -0.15) is 0 Å². The number of phenolic OH excluding ortho intramolecular Hbond substituents is 1. The Morgan fingerprint density at radius 3 is 2.57 bits per heavy atom. The van der Waals surface area contributed by atoms with Gasteiger partial charge in [0.1, 0.15) is 12.0 Å². The average Bonchev–Trinajstić information content (AvgIpc) is 2.48. The molecule has 0 saturated carbocycles. The van der Waals surface area contributed by atoms with Crippen LogP contribution in [0.5, 0.6) is 5.75 Å². The second-order valence-electron chi connectivity index (χ2n) is 5.39. The quantitative estimate of drug-likeness (QED) is 0.561. The van der Waals surface area contributed by atoms with Gasteiger partial charge in [0, 0.05) is 19.3 Å². The molecule has 0 unspecified atom stereocenters. The summed E-state index contributed by atoms with van der Waals surface area (Å²) in [6, 6.07) is 6.83. The summed E-state index contributed by atoms with van der Waals surface area (Å²) in [7, 11) is 0. The SMILES string of the molecule is CC[C@@H](C)[C@@H](CC=O)CC(=O)OCCc1ccc(O)cc1. The molecule has 1 rings (SSSR count). The highest BCUT2D eigenvalue weighted by Crippen LogP contribution is 2.22. The molecule has 0 aliphatic rings. The van der Waals surface area contributed by atoms with Gasteiger partial charge in [-0.25, -0.2) is 0 Å². The maximum Gasteiger partial charge on any atom is 0.306 e. The molecule has 2 atom stereocenters. The summed E-state index contributed by atoms with van der Waals surface area (Å²) in [5.74, 6) is 0.371. The molecule has 4 nitrogen and oxygen atoms in total. The normalized spacial score (nSPS) is 13.4. The van der Waals surface area contributed by atoms with Gasteiger partial charge in [0.25, 0.3) is 0 Å². The summed E-state index contributed by atoms with van der Waals surface area (Å²) in [5, 5.41) is 9.18. The number of phenols is 1. The molecule has 1 aromatic rings. The third-order valence-corrected chi connectivity index (χ3v) is 3.87. The molecule has 1 N–H and O–H groups in total. The molecule has 0 radical (unpaired) electrons. The molecular formula is C17H24O4. The molecule has 0 aliphatic heterocycles. The third kappa shape index (κ3) is 6.43. The molecule has 0 spiro atoms. The van der Waals surface area contributed by atoms with Gasteiger partial charge in [0.05, 0.1) is 6.61 Å². The summed E-state index contributed by atoms with van der Waals surface area (Å²) in [4.78, 5) is 22.5. The fraction of sp³-hybridized carbons (Fsp3) is 0.529. The van der Waals surface area contributed by atoms with Crippen molar-refractivity contribution in [2.45, 2.75) is 39.5 Å². The fourth-order valence-electron chi connectivity index (χ4n) is 2.19. The molecule has 1 aromatic carbocycles. The van der Waals surface area contributed by atoms with E-state index in [9.17, 15) is 14.7 Å². The number of esters is 1. The molecule has 21 heavy (non-hydrogen) atoms. The third-order valence-electron chi connectivity index (χ3n) is 3.87. The van der Waals surface area contributed by atoms with E-state index in [1.165, 1.54) is 0 Å². The smallest absolute Gasteiger partial charge is 0.306 e. The van der Waals surface area contributed by atoms with Gasteiger partial charge < -0.3 is 14.6 Å². The van der Waals surface area contributed by atoms with Crippen LogP contribution >= 0.6 is 0 Å². The van der Waals surface area contributed by atoms with E-state index in [2.05, 4.69) is 13.8 Å². The Balaban J connectivity index is 2.35. The van der Waals surface area contributed by atoms with Crippen molar-refractivity contribution < 1.29 is 19.4 Å². The van der Waals surface area contributed by atoms with Crippen molar-refractivity contribution in [1.29, 1.82) is 0 Å². The van der Waals surface area contributed by atoms with E-state index in [0.29, 0.717) is 31.8 Å². The van der Waals surface area contributed by atoms with Crippen molar-refractivity contribution >= 4 is 12.3 Å². The number of ether oxygens (including phenoxy) is 1. The van der Waals surface area contributed by atoms with E-state index in [0.717, 1.165) is 18.3 Å². The molecular weight excluding hydrogens is 268 g/mol. The number of carbonyl (C=O) groups is 2.